The first-order valence-electron chi connectivity index (χ1n) is 11.4. The van der Waals surface area contributed by atoms with Crippen LogP contribution in [-0.2, 0) is 16.1 Å². The summed E-state index contributed by atoms with van der Waals surface area (Å²) in [4.78, 5) is 41.8. The summed E-state index contributed by atoms with van der Waals surface area (Å²) < 4.78 is 0. The Morgan fingerprint density at radius 1 is 1.21 bits per heavy atom. The van der Waals surface area contributed by atoms with Gasteiger partial charge in [-0.2, -0.15) is 0 Å². The number of hydrogen-bond donors (Lipinski definition) is 2. The van der Waals surface area contributed by atoms with Gasteiger partial charge in [-0.1, -0.05) is 38.1 Å². The molecule has 9 heteroatoms. The van der Waals surface area contributed by atoms with E-state index in [1.807, 2.05) is 50.5 Å². The Morgan fingerprint density at radius 3 is 2.59 bits per heavy atom. The molecule has 3 heterocycles. The van der Waals surface area contributed by atoms with E-state index in [9.17, 15) is 14.7 Å². The second kappa shape index (κ2) is 10.4. The van der Waals surface area contributed by atoms with Crippen molar-refractivity contribution >= 4 is 23.2 Å². The number of amides is 2. The van der Waals surface area contributed by atoms with E-state index in [2.05, 4.69) is 20.3 Å². The summed E-state index contributed by atoms with van der Waals surface area (Å²) >= 11 is 1.60. The molecule has 1 aromatic carbocycles. The van der Waals surface area contributed by atoms with E-state index in [0.717, 1.165) is 21.7 Å². The van der Waals surface area contributed by atoms with Gasteiger partial charge in [0.05, 0.1) is 33.8 Å². The number of benzene rings is 1. The molecule has 0 aliphatic carbocycles. The molecule has 2 amide bonds. The van der Waals surface area contributed by atoms with Crippen molar-refractivity contribution in [2.45, 2.75) is 51.8 Å². The molecule has 1 fully saturated rings. The van der Waals surface area contributed by atoms with Gasteiger partial charge in [-0.25, -0.2) is 4.98 Å². The van der Waals surface area contributed by atoms with Gasteiger partial charge in [-0.05, 0) is 24.0 Å². The fraction of sp³-hybridized carbons (Fsp3) is 0.400. The molecular formula is C25H29N5O3S. The van der Waals surface area contributed by atoms with E-state index in [4.69, 9.17) is 0 Å². The SMILES string of the molecule is Cc1ncsc1-c1ccc(CNC(=O)[C@@H]2C[C@@H](O)CN2C(=O)[C@@H](c2cnccn2)C(C)C)cc1. The van der Waals surface area contributed by atoms with Gasteiger partial charge in [0, 0.05) is 38.1 Å². The number of carbonyl (C=O) groups is 2. The zero-order valence-corrected chi connectivity index (χ0v) is 20.3. The molecule has 1 aliphatic heterocycles. The zero-order valence-electron chi connectivity index (χ0n) is 19.5. The van der Waals surface area contributed by atoms with Crippen LogP contribution in [0.3, 0.4) is 0 Å². The summed E-state index contributed by atoms with van der Waals surface area (Å²) in [6.07, 6.45) is 4.18. The number of β-amino-alcohol motifs (C(OH)–C–C–N with tert-alkyl or cyclic N) is 1. The minimum Gasteiger partial charge on any atom is -0.391 e. The number of nitrogens with zero attached hydrogens (tertiary/aromatic N) is 4. The molecule has 4 rings (SSSR count). The summed E-state index contributed by atoms with van der Waals surface area (Å²) in [6.45, 7) is 6.33. The van der Waals surface area contributed by atoms with Crippen LogP contribution in [0, 0.1) is 12.8 Å². The van der Waals surface area contributed by atoms with Crippen LogP contribution in [0.25, 0.3) is 10.4 Å². The maximum Gasteiger partial charge on any atom is 0.243 e. The number of aryl methyl sites for hydroxylation is 1. The lowest BCUT2D eigenvalue weighted by atomic mass is 9.91. The molecule has 34 heavy (non-hydrogen) atoms. The molecule has 8 nitrogen and oxygen atoms in total. The van der Waals surface area contributed by atoms with Crippen LogP contribution in [0.1, 0.15) is 43.1 Å². The van der Waals surface area contributed by atoms with Crippen molar-refractivity contribution in [1.82, 2.24) is 25.2 Å². The number of likely N-dealkylation sites (tertiary alicyclic amines) is 1. The molecule has 0 saturated carbocycles. The van der Waals surface area contributed by atoms with Crippen molar-refractivity contribution in [1.29, 1.82) is 0 Å². The first kappa shape index (κ1) is 24.0. The van der Waals surface area contributed by atoms with E-state index < -0.39 is 18.1 Å². The van der Waals surface area contributed by atoms with Gasteiger partial charge in [-0.15, -0.1) is 11.3 Å². The van der Waals surface area contributed by atoms with Crippen molar-refractivity contribution in [3.8, 4) is 10.4 Å². The Hall–Kier alpha value is -3.17. The highest BCUT2D eigenvalue weighted by molar-refractivity contribution is 7.13. The molecule has 1 saturated heterocycles. The van der Waals surface area contributed by atoms with Crippen LogP contribution < -0.4 is 5.32 Å². The van der Waals surface area contributed by atoms with Crippen LogP contribution in [0.15, 0.2) is 48.4 Å². The highest BCUT2D eigenvalue weighted by Gasteiger charge is 2.42. The van der Waals surface area contributed by atoms with Crippen LogP contribution in [0.2, 0.25) is 0 Å². The average Bonchev–Trinajstić information content (AvgIpc) is 3.44. The fourth-order valence-corrected chi connectivity index (χ4v) is 5.18. The number of thiazole rings is 1. The Kier molecular flexibility index (Phi) is 7.33. The number of carbonyl (C=O) groups excluding carboxylic acids is 2. The number of nitrogens with one attached hydrogen (secondary N) is 1. The third-order valence-electron chi connectivity index (χ3n) is 6.13. The van der Waals surface area contributed by atoms with Crippen LogP contribution in [0.4, 0.5) is 0 Å². The van der Waals surface area contributed by atoms with Gasteiger partial charge in [0.2, 0.25) is 11.8 Å². The van der Waals surface area contributed by atoms with Gasteiger partial charge < -0.3 is 15.3 Å². The lowest BCUT2D eigenvalue weighted by Crippen LogP contribution is -2.48. The minimum absolute atomic E-state index is 0.0358. The molecule has 3 atom stereocenters. The number of aliphatic hydroxyl groups is 1. The molecule has 0 unspecified atom stereocenters. The third kappa shape index (κ3) is 5.15. The number of aliphatic hydroxyl groups excluding tert-OH is 1. The summed E-state index contributed by atoms with van der Waals surface area (Å²) in [5, 5.41) is 13.2. The highest BCUT2D eigenvalue weighted by Crippen LogP contribution is 2.30. The van der Waals surface area contributed by atoms with Gasteiger partial charge in [0.15, 0.2) is 0 Å². The fourth-order valence-electron chi connectivity index (χ4n) is 4.37. The molecule has 3 aromatic rings. The predicted molar refractivity (Wildman–Crippen MR) is 130 cm³/mol. The summed E-state index contributed by atoms with van der Waals surface area (Å²) in [6, 6.07) is 7.27. The maximum absolute atomic E-state index is 13.5. The van der Waals surface area contributed by atoms with E-state index in [1.165, 1.54) is 4.90 Å². The number of aromatic nitrogens is 3. The van der Waals surface area contributed by atoms with Crippen LogP contribution in [-0.4, -0.2) is 55.5 Å². The average molecular weight is 480 g/mol. The van der Waals surface area contributed by atoms with Gasteiger partial charge >= 0.3 is 0 Å². The standard InChI is InChI=1S/C25H29N5O3S/c1-15(2)22(20-12-26-8-9-27-20)25(33)30-13-19(31)10-21(30)24(32)28-11-17-4-6-18(7-5-17)23-16(3)29-14-34-23/h4-9,12,14-15,19,21-22,31H,10-11,13H2,1-3H3,(H,28,32)/t19-,21+,22-/m1/s1. The predicted octanol–water partition coefficient (Wildman–Crippen LogP) is 2.93. The number of hydrogen-bond acceptors (Lipinski definition) is 7. The van der Waals surface area contributed by atoms with Crippen molar-refractivity contribution in [2.24, 2.45) is 5.92 Å². The topological polar surface area (TPSA) is 108 Å². The molecule has 1 aliphatic rings. The highest BCUT2D eigenvalue weighted by atomic mass is 32.1. The molecule has 0 spiro atoms. The van der Waals surface area contributed by atoms with Gasteiger partial charge in [0.1, 0.15) is 6.04 Å². The van der Waals surface area contributed by atoms with Gasteiger partial charge in [0.25, 0.3) is 0 Å². The first-order chi connectivity index (χ1) is 16.3. The van der Waals surface area contributed by atoms with Crippen molar-refractivity contribution in [3.05, 3.63) is 65.3 Å². The quantitative estimate of drug-likeness (QED) is 0.539. The van der Waals surface area contributed by atoms with E-state index in [-0.39, 0.29) is 30.7 Å². The number of rotatable bonds is 7. The zero-order chi connectivity index (χ0) is 24.2. The minimum atomic E-state index is -0.740. The van der Waals surface area contributed by atoms with Crippen LogP contribution >= 0.6 is 11.3 Å². The van der Waals surface area contributed by atoms with Gasteiger partial charge in [-0.3, -0.25) is 19.6 Å². The first-order valence-corrected chi connectivity index (χ1v) is 12.2. The lowest BCUT2D eigenvalue weighted by molar-refractivity contribution is -0.140. The molecule has 0 bridgehead atoms. The molecular weight excluding hydrogens is 450 g/mol. The normalized spacial score (nSPS) is 18.8. The summed E-state index contributed by atoms with van der Waals surface area (Å²) in [7, 11) is 0. The molecule has 178 valence electrons. The second-order valence-corrected chi connectivity index (χ2v) is 9.78. The van der Waals surface area contributed by atoms with Crippen molar-refractivity contribution < 1.29 is 14.7 Å². The molecule has 0 radical (unpaired) electrons. The van der Waals surface area contributed by atoms with Crippen LogP contribution in [0.5, 0.6) is 0 Å². The Morgan fingerprint density at radius 2 is 1.97 bits per heavy atom. The maximum atomic E-state index is 13.5. The smallest absolute Gasteiger partial charge is 0.243 e. The Balaban J connectivity index is 1.43. The lowest BCUT2D eigenvalue weighted by Gasteiger charge is -2.29. The Bertz CT molecular complexity index is 1130. The van der Waals surface area contributed by atoms with Crippen molar-refractivity contribution in [3.63, 3.8) is 0 Å². The van der Waals surface area contributed by atoms with E-state index >= 15 is 0 Å². The largest absolute Gasteiger partial charge is 0.391 e. The third-order valence-corrected chi connectivity index (χ3v) is 7.11. The van der Waals surface area contributed by atoms with E-state index in [1.54, 1.807) is 29.9 Å². The second-order valence-electron chi connectivity index (χ2n) is 8.93. The van der Waals surface area contributed by atoms with E-state index in [0.29, 0.717) is 12.2 Å². The summed E-state index contributed by atoms with van der Waals surface area (Å²) in [5.41, 5.74) is 5.44. The summed E-state index contributed by atoms with van der Waals surface area (Å²) in [5.74, 6) is -1.05. The molecule has 2 N–H and O–H groups in total. The Labute approximate surface area is 203 Å². The monoisotopic (exact) mass is 479 g/mol. The molecule has 2 aromatic heterocycles. The van der Waals surface area contributed by atoms with Crippen molar-refractivity contribution in [2.75, 3.05) is 6.54 Å².